The summed E-state index contributed by atoms with van der Waals surface area (Å²) in [6.07, 6.45) is 1.67. The summed E-state index contributed by atoms with van der Waals surface area (Å²) in [6, 6.07) is 0. The predicted molar refractivity (Wildman–Crippen MR) is 79.1 cm³/mol. The number of hydrogen-bond donors (Lipinski definition) is 1. The number of aromatic nitrogens is 4. The van der Waals surface area contributed by atoms with Crippen molar-refractivity contribution in [2.75, 3.05) is 5.73 Å². The van der Waals surface area contributed by atoms with Crippen LogP contribution in [0, 0.1) is 5.92 Å². The number of esters is 2. The van der Waals surface area contributed by atoms with Gasteiger partial charge < -0.3 is 19.8 Å². The normalized spacial score (nSPS) is 18.0. The summed E-state index contributed by atoms with van der Waals surface area (Å²) in [5.41, 5.74) is 6.34. The molecule has 0 saturated carbocycles. The van der Waals surface area contributed by atoms with E-state index in [0.717, 1.165) is 0 Å². The van der Waals surface area contributed by atoms with Gasteiger partial charge in [-0.05, 0) is 6.42 Å². The molecule has 2 aromatic rings. The van der Waals surface area contributed by atoms with Gasteiger partial charge in [0.05, 0.1) is 6.33 Å². The van der Waals surface area contributed by atoms with Crippen molar-refractivity contribution in [1.82, 2.24) is 19.5 Å². The van der Waals surface area contributed by atoms with Crippen LogP contribution in [0.3, 0.4) is 0 Å². The molecule has 2 N–H and O–H groups in total. The van der Waals surface area contributed by atoms with E-state index in [2.05, 4.69) is 15.0 Å². The van der Waals surface area contributed by atoms with Crippen molar-refractivity contribution in [3.63, 3.8) is 0 Å². The fourth-order valence-electron chi connectivity index (χ4n) is 2.37. The van der Waals surface area contributed by atoms with Gasteiger partial charge in [0.1, 0.15) is 5.52 Å². The number of nitrogen functional groups attached to an aromatic ring is 1. The van der Waals surface area contributed by atoms with Crippen molar-refractivity contribution in [1.29, 1.82) is 0 Å². The third-order valence-corrected chi connectivity index (χ3v) is 3.63. The van der Waals surface area contributed by atoms with Crippen LogP contribution in [-0.4, -0.2) is 37.2 Å². The minimum absolute atomic E-state index is 0.0226. The Morgan fingerprint density at radius 1 is 1.30 bits per heavy atom. The molecule has 0 bridgehead atoms. The van der Waals surface area contributed by atoms with Gasteiger partial charge in [-0.3, -0.25) is 9.59 Å². The standard InChI is InChI=1S/C13H14ClN5O4/c1-13(2)22-10(20)6(11(21)23-13)3-4-19-5-16-9-7(19)8(14)17-12(15)18-9/h5-6H,3-4H2,1-2H3,(H2,15,17,18). The maximum atomic E-state index is 11.9. The molecule has 1 aliphatic heterocycles. The van der Waals surface area contributed by atoms with E-state index in [-0.39, 0.29) is 17.5 Å². The van der Waals surface area contributed by atoms with Crippen molar-refractivity contribution in [2.45, 2.75) is 32.6 Å². The maximum absolute atomic E-state index is 11.9. The molecule has 3 rings (SSSR count). The Morgan fingerprint density at radius 3 is 2.61 bits per heavy atom. The molecule has 0 aromatic carbocycles. The highest BCUT2D eigenvalue weighted by atomic mass is 35.5. The van der Waals surface area contributed by atoms with Gasteiger partial charge in [-0.1, -0.05) is 11.6 Å². The number of ether oxygens (including phenoxy) is 2. The zero-order valence-corrected chi connectivity index (χ0v) is 13.2. The molecule has 0 amide bonds. The summed E-state index contributed by atoms with van der Waals surface area (Å²) in [5, 5.41) is 0.153. The lowest BCUT2D eigenvalue weighted by atomic mass is 10.0. The molecule has 0 aliphatic carbocycles. The Morgan fingerprint density at radius 2 is 1.96 bits per heavy atom. The number of fused-ring (bicyclic) bond motifs is 1. The number of carbonyl (C=O) groups excluding carboxylic acids is 2. The van der Waals surface area contributed by atoms with Gasteiger partial charge in [0.2, 0.25) is 5.95 Å². The van der Waals surface area contributed by atoms with Crippen LogP contribution in [0.2, 0.25) is 5.15 Å². The Labute approximate surface area is 135 Å². The number of cyclic esters (lactones) is 2. The first-order valence-corrected chi connectivity index (χ1v) is 7.24. The van der Waals surface area contributed by atoms with E-state index >= 15 is 0 Å². The number of aryl methyl sites for hydroxylation is 1. The monoisotopic (exact) mass is 339 g/mol. The van der Waals surface area contributed by atoms with Gasteiger partial charge in [0.15, 0.2) is 16.7 Å². The average Bonchev–Trinajstić information content (AvgIpc) is 2.79. The Bertz CT molecular complexity index is 783. The van der Waals surface area contributed by atoms with E-state index in [9.17, 15) is 9.59 Å². The summed E-state index contributed by atoms with van der Waals surface area (Å²) in [4.78, 5) is 35.8. The van der Waals surface area contributed by atoms with Crippen molar-refractivity contribution in [3.8, 4) is 0 Å². The first-order valence-electron chi connectivity index (χ1n) is 6.86. The highest BCUT2D eigenvalue weighted by Crippen LogP contribution is 2.26. The highest BCUT2D eigenvalue weighted by molar-refractivity contribution is 6.33. The third-order valence-electron chi connectivity index (χ3n) is 3.37. The first-order chi connectivity index (χ1) is 10.8. The number of rotatable bonds is 3. The van der Waals surface area contributed by atoms with Crippen molar-refractivity contribution < 1.29 is 19.1 Å². The summed E-state index contributed by atoms with van der Waals surface area (Å²) < 4.78 is 11.8. The zero-order valence-electron chi connectivity index (χ0n) is 12.4. The number of anilines is 1. The van der Waals surface area contributed by atoms with E-state index in [0.29, 0.717) is 17.7 Å². The lowest BCUT2D eigenvalue weighted by Gasteiger charge is -2.32. The van der Waals surface area contributed by atoms with Crippen molar-refractivity contribution in [3.05, 3.63) is 11.5 Å². The fraction of sp³-hybridized carbons (Fsp3) is 0.462. The second-order valence-corrected chi connectivity index (χ2v) is 5.92. The summed E-state index contributed by atoms with van der Waals surface area (Å²) in [6.45, 7) is 3.30. The number of nitrogens with zero attached hydrogens (tertiary/aromatic N) is 4. The molecule has 23 heavy (non-hydrogen) atoms. The van der Waals surface area contributed by atoms with Gasteiger partial charge in [0, 0.05) is 20.4 Å². The second-order valence-electron chi connectivity index (χ2n) is 5.57. The van der Waals surface area contributed by atoms with Crippen LogP contribution >= 0.6 is 11.6 Å². The molecule has 0 radical (unpaired) electrons. The summed E-state index contributed by atoms with van der Waals surface area (Å²) in [7, 11) is 0. The van der Waals surface area contributed by atoms with E-state index in [1.165, 1.54) is 20.2 Å². The average molecular weight is 340 g/mol. The molecule has 1 fully saturated rings. The van der Waals surface area contributed by atoms with E-state index in [1.807, 2.05) is 0 Å². The van der Waals surface area contributed by atoms with E-state index in [1.54, 1.807) is 4.57 Å². The Kier molecular flexibility index (Phi) is 3.59. The molecule has 1 aliphatic rings. The van der Waals surface area contributed by atoms with Gasteiger partial charge >= 0.3 is 11.9 Å². The number of nitrogens with two attached hydrogens (primary N) is 1. The smallest absolute Gasteiger partial charge is 0.323 e. The Balaban J connectivity index is 1.79. The molecule has 9 nitrogen and oxygen atoms in total. The van der Waals surface area contributed by atoms with Gasteiger partial charge in [-0.25, -0.2) is 4.98 Å². The zero-order chi connectivity index (χ0) is 16.8. The summed E-state index contributed by atoms with van der Waals surface area (Å²) in [5.74, 6) is -3.42. The van der Waals surface area contributed by atoms with Crippen LogP contribution in [0.15, 0.2) is 6.33 Å². The van der Waals surface area contributed by atoms with Crippen LogP contribution in [0.1, 0.15) is 20.3 Å². The highest BCUT2D eigenvalue weighted by Gasteiger charge is 2.42. The van der Waals surface area contributed by atoms with Crippen molar-refractivity contribution >= 4 is 40.7 Å². The van der Waals surface area contributed by atoms with Crippen LogP contribution in [0.4, 0.5) is 5.95 Å². The molecule has 0 unspecified atom stereocenters. The van der Waals surface area contributed by atoms with Crippen LogP contribution in [0.25, 0.3) is 11.2 Å². The SMILES string of the molecule is CC1(C)OC(=O)C(CCn2cnc3nc(N)nc(Cl)c32)C(=O)O1. The van der Waals surface area contributed by atoms with Crippen LogP contribution < -0.4 is 5.73 Å². The summed E-state index contributed by atoms with van der Waals surface area (Å²) >= 11 is 6.05. The van der Waals surface area contributed by atoms with Crippen molar-refractivity contribution in [2.24, 2.45) is 5.92 Å². The topological polar surface area (TPSA) is 122 Å². The molecule has 10 heteroatoms. The lowest BCUT2D eigenvalue weighted by Crippen LogP contribution is -2.46. The molecule has 0 spiro atoms. The molecule has 3 heterocycles. The Hall–Kier alpha value is -2.42. The molecular formula is C13H14ClN5O4. The van der Waals surface area contributed by atoms with Gasteiger partial charge in [0.25, 0.3) is 5.79 Å². The second kappa shape index (κ2) is 5.34. The lowest BCUT2D eigenvalue weighted by molar-refractivity contribution is -0.240. The molecule has 0 atom stereocenters. The largest absolute Gasteiger partial charge is 0.422 e. The predicted octanol–water partition coefficient (Wildman–Crippen LogP) is 0.904. The third kappa shape index (κ3) is 2.91. The minimum Gasteiger partial charge on any atom is -0.422 e. The van der Waals surface area contributed by atoms with E-state index in [4.69, 9.17) is 26.8 Å². The minimum atomic E-state index is -1.24. The quantitative estimate of drug-likeness (QED) is 0.497. The number of carbonyl (C=O) groups is 2. The molecule has 2 aromatic heterocycles. The number of hydrogen-bond acceptors (Lipinski definition) is 8. The molecule has 122 valence electrons. The van der Waals surface area contributed by atoms with Gasteiger partial charge in [-0.15, -0.1) is 0 Å². The maximum Gasteiger partial charge on any atom is 0.323 e. The number of halogens is 1. The van der Waals surface area contributed by atoms with Crippen LogP contribution in [-0.2, 0) is 25.6 Å². The molecular weight excluding hydrogens is 326 g/mol. The van der Waals surface area contributed by atoms with Crippen LogP contribution in [0.5, 0.6) is 0 Å². The first kappa shape index (κ1) is 15.5. The van der Waals surface area contributed by atoms with Gasteiger partial charge in [-0.2, -0.15) is 9.97 Å². The molecule has 1 saturated heterocycles. The fourth-order valence-corrected chi connectivity index (χ4v) is 2.65. The van der Waals surface area contributed by atoms with E-state index < -0.39 is 23.6 Å². The number of imidazole rings is 1.